The lowest BCUT2D eigenvalue weighted by molar-refractivity contribution is 1.20. The van der Waals surface area contributed by atoms with Crippen LogP contribution in [-0.4, -0.2) is 4.98 Å². The Morgan fingerprint density at radius 1 is 0.452 bits per heavy atom. The van der Waals surface area contributed by atoms with E-state index in [0.29, 0.717) is 0 Å². The molecule has 0 radical (unpaired) electrons. The fourth-order valence-corrected chi connectivity index (χ4v) is 6.92. The Labute approximate surface area is 248 Å². The third-order valence-electron chi connectivity index (χ3n) is 7.92. The summed E-state index contributed by atoms with van der Waals surface area (Å²) < 4.78 is 2.51. The van der Waals surface area contributed by atoms with Crippen molar-refractivity contribution in [1.29, 1.82) is 0 Å². The number of nitrogens with zero attached hydrogens (tertiary/aromatic N) is 2. The maximum absolute atomic E-state index is 5.01. The van der Waals surface area contributed by atoms with Crippen LogP contribution >= 0.6 is 11.3 Å². The van der Waals surface area contributed by atoms with E-state index in [2.05, 4.69) is 157 Å². The molecule has 0 aliphatic heterocycles. The third kappa shape index (κ3) is 4.32. The smallest absolute Gasteiger partial charge is 0.146 e. The molecule has 3 heteroatoms. The molecule has 2 heterocycles. The second-order valence-corrected chi connectivity index (χ2v) is 11.5. The molecule has 0 aliphatic carbocycles. The summed E-state index contributed by atoms with van der Waals surface area (Å²) in [6.45, 7) is 0. The van der Waals surface area contributed by atoms with Crippen molar-refractivity contribution in [1.82, 2.24) is 4.98 Å². The number of fused-ring (bicyclic) bond motifs is 4. The minimum Gasteiger partial charge on any atom is -0.295 e. The largest absolute Gasteiger partial charge is 0.295 e. The molecule has 0 amide bonds. The Hall–Kier alpha value is -5.25. The molecule has 0 saturated carbocycles. The highest BCUT2D eigenvalue weighted by Gasteiger charge is 2.20. The van der Waals surface area contributed by atoms with Crippen LogP contribution in [0, 0.1) is 0 Å². The molecule has 0 unspecified atom stereocenters. The summed E-state index contributed by atoms with van der Waals surface area (Å²) in [5.41, 5.74) is 6.95. The Bertz CT molecular complexity index is 2180. The Morgan fingerprint density at radius 2 is 1.05 bits per heavy atom. The monoisotopic (exact) mass is 554 g/mol. The number of hydrogen-bond donors (Lipinski definition) is 0. The fraction of sp³-hybridized carbons (Fsp3) is 0. The highest BCUT2D eigenvalue weighted by atomic mass is 32.1. The summed E-state index contributed by atoms with van der Waals surface area (Å²) >= 11 is 1.82. The van der Waals surface area contributed by atoms with Gasteiger partial charge in [0.2, 0.25) is 0 Å². The lowest BCUT2D eigenvalue weighted by Crippen LogP contribution is -2.11. The normalized spacial score (nSPS) is 11.3. The second kappa shape index (κ2) is 10.3. The molecule has 2 nitrogen and oxygen atoms in total. The van der Waals surface area contributed by atoms with Gasteiger partial charge in [-0.1, -0.05) is 109 Å². The zero-order valence-electron chi connectivity index (χ0n) is 22.8. The number of rotatable bonds is 5. The van der Waals surface area contributed by atoms with Gasteiger partial charge in [0.15, 0.2) is 0 Å². The number of pyridine rings is 1. The van der Waals surface area contributed by atoms with E-state index in [4.69, 9.17) is 4.98 Å². The maximum Gasteiger partial charge on any atom is 0.146 e. The molecule has 198 valence electrons. The van der Waals surface area contributed by atoms with Gasteiger partial charge in [0.05, 0.1) is 0 Å². The lowest BCUT2D eigenvalue weighted by atomic mass is 10.0. The predicted octanol–water partition coefficient (Wildman–Crippen LogP) is 11.4. The first-order valence-corrected chi connectivity index (χ1v) is 14.9. The molecule has 0 fully saturated rings. The summed E-state index contributed by atoms with van der Waals surface area (Å²) in [6, 6.07) is 54.1. The van der Waals surface area contributed by atoms with Crippen LogP contribution in [0.15, 0.2) is 158 Å². The average molecular weight is 555 g/mol. The Kier molecular flexibility index (Phi) is 6.02. The van der Waals surface area contributed by atoms with Crippen molar-refractivity contribution in [2.75, 3.05) is 4.90 Å². The van der Waals surface area contributed by atoms with Crippen molar-refractivity contribution in [3.05, 3.63) is 158 Å². The predicted molar refractivity (Wildman–Crippen MR) is 180 cm³/mol. The van der Waals surface area contributed by atoms with Crippen LogP contribution in [0.25, 0.3) is 53.2 Å². The van der Waals surface area contributed by atoms with Crippen molar-refractivity contribution >= 4 is 59.5 Å². The standard InChI is InChI=1S/C39H26N2S/c1-2-8-27(9-3-1)29-16-20-33(21-17-29)41(39-38-35-12-6-7-13-36(35)42-37(38)24-25-40-39)34-22-18-30(19-23-34)32-15-14-28-10-4-5-11-31(28)26-32/h1-26H. The summed E-state index contributed by atoms with van der Waals surface area (Å²) in [4.78, 5) is 7.30. The van der Waals surface area contributed by atoms with Gasteiger partial charge in [-0.25, -0.2) is 4.98 Å². The van der Waals surface area contributed by atoms with Gasteiger partial charge in [0, 0.05) is 37.7 Å². The van der Waals surface area contributed by atoms with Crippen molar-refractivity contribution < 1.29 is 0 Å². The van der Waals surface area contributed by atoms with Crippen LogP contribution in [0.5, 0.6) is 0 Å². The van der Waals surface area contributed by atoms with Crippen molar-refractivity contribution in [2.45, 2.75) is 0 Å². The first-order valence-electron chi connectivity index (χ1n) is 14.1. The second-order valence-electron chi connectivity index (χ2n) is 10.5. The average Bonchev–Trinajstić information content (AvgIpc) is 3.45. The molecule has 8 aromatic rings. The zero-order valence-corrected chi connectivity index (χ0v) is 23.6. The molecule has 42 heavy (non-hydrogen) atoms. The van der Waals surface area contributed by atoms with Crippen LogP contribution in [0.3, 0.4) is 0 Å². The van der Waals surface area contributed by atoms with Crippen LogP contribution in [-0.2, 0) is 0 Å². The van der Waals surface area contributed by atoms with E-state index in [-0.39, 0.29) is 0 Å². The molecule has 2 aromatic heterocycles. The zero-order chi connectivity index (χ0) is 27.9. The van der Waals surface area contributed by atoms with E-state index in [1.54, 1.807) is 0 Å². The number of hydrogen-bond acceptors (Lipinski definition) is 3. The molecule has 0 aliphatic rings. The van der Waals surface area contributed by atoms with E-state index in [0.717, 1.165) is 17.2 Å². The minimum absolute atomic E-state index is 0.941. The highest BCUT2D eigenvalue weighted by Crippen LogP contribution is 2.44. The molecule has 0 spiro atoms. The number of thiophene rings is 1. The van der Waals surface area contributed by atoms with Crippen molar-refractivity contribution in [3.63, 3.8) is 0 Å². The molecule has 6 aromatic carbocycles. The maximum atomic E-state index is 5.01. The van der Waals surface area contributed by atoms with Crippen LogP contribution < -0.4 is 4.90 Å². The van der Waals surface area contributed by atoms with Gasteiger partial charge in [-0.3, -0.25) is 4.90 Å². The van der Waals surface area contributed by atoms with E-state index >= 15 is 0 Å². The highest BCUT2D eigenvalue weighted by molar-refractivity contribution is 7.25. The molecule has 0 atom stereocenters. The van der Waals surface area contributed by atoms with Gasteiger partial charge in [-0.05, 0) is 75.5 Å². The van der Waals surface area contributed by atoms with Gasteiger partial charge in [-0.15, -0.1) is 11.3 Å². The fourth-order valence-electron chi connectivity index (χ4n) is 5.82. The van der Waals surface area contributed by atoms with E-state index in [1.807, 2.05) is 17.5 Å². The van der Waals surface area contributed by atoms with Gasteiger partial charge in [-0.2, -0.15) is 0 Å². The first kappa shape index (κ1) is 24.5. The first-order chi connectivity index (χ1) is 20.8. The number of aromatic nitrogens is 1. The van der Waals surface area contributed by atoms with E-state index in [9.17, 15) is 0 Å². The van der Waals surface area contributed by atoms with E-state index in [1.165, 1.54) is 53.2 Å². The number of benzene rings is 6. The molecular formula is C39H26N2S. The van der Waals surface area contributed by atoms with Crippen molar-refractivity contribution in [2.24, 2.45) is 0 Å². The molecule has 0 N–H and O–H groups in total. The lowest BCUT2D eigenvalue weighted by Gasteiger charge is -2.25. The molecule has 0 saturated heterocycles. The van der Waals surface area contributed by atoms with E-state index < -0.39 is 0 Å². The molecule has 0 bridgehead atoms. The van der Waals surface area contributed by atoms with Gasteiger partial charge < -0.3 is 0 Å². The number of anilines is 3. The van der Waals surface area contributed by atoms with Gasteiger partial charge in [0.25, 0.3) is 0 Å². The van der Waals surface area contributed by atoms with Crippen LogP contribution in [0.1, 0.15) is 0 Å². The summed E-state index contributed by atoms with van der Waals surface area (Å²) in [5, 5.41) is 4.92. The Morgan fingerprint density at radius 3 is 1.81 bits per heavy atom. The molecule has 8 rings (SSSR count). The summed E-state index contributed by atoms with van der Waals surface area (Å²) in [5.74, 6) is 0.941. The topological polar surface area (TPSA) is 16.1 Å². The minimum atomic E-state index is 0.941. The quantitative estimate of drug-likeness (QED) is 0.210. The van der Waals surface area contributed by atoms with Crippen molar-refractivity contribution in [3.8, 4) is 22.3 Å². The van der Waals surface area contributed by atoms with Gasteiger partial charge >= 0.3 is 0 Å². The SMILES string of the molecule is c1ccc(-c2ccc(N(c3ccc(-c4ccc5ccccc5c4)cc3)c3nccc4sc5ccccc5c34)cc2)cc1. The third-order valence-corrected chi connectivity index (χ3v) is 9.06. The summed E-state index contributed by atoms with van der Waals surface area (Å²) in [6.07, 6.45) is 1.93. The summed E-state index contributed by atoms with van der Waals surface area (Å²) in [7, 11) is 0. The van der Waals surface area contributed by atoms with Crippen LogP contribution in [0.2, 0.25) is 0 Å². The molecular weight excluding hydrogens is 529 g/mol. The Balaban J connectivity index is 1.27. The van der Waals surface area contributed by atoms with Crippen LogP contribution in [0.4, 0.5) is 17.2 Å². The van der Waals surface area contributed by atoms with Gasteiger partial charge in [0.1, 0.15) is 5.82 Å².